The monoisotopic (exact) mass is 168 g/mol. The molecule has 0 spiro atoms. The summed E-state index contributed by atoms with van der Waals surface area (Å²) in [4.78, 5) is 0. The lowest BCUT2D eigenvalue weighted by atomic mass is 9.87. The summed E-state index contributed by atoms with van der Waals surface area (Å²) in [5.74, 6) is 0.743. The van der Waals surface area contributed by atoms with Crippen LogP contribution in [0.1, 0.15) is 54.4 Å². The molecule has 0 saturated heterocycles. The van der Waals surface area contributed by atoms with Crippen LogP contribution in [-0.2, 0) is 0 Å². The van der Waals surface area contributed by atoms with Gasteiger partial charge in [0.1, 0.15) is 0 Å². The minimum atomic E-state index is 0.439. The molecule has 1 unspecified atom stereocenters. The lowest BCUT2D eigenvalue weighted by molar-refractivity contribution is 0.408. The standard InChI is InChI=1S/C12H24/c1-7-10(2)8-11(3)9-12(4,5)6/h8,10H,7,9H2,1-6H3/b11-8+. The zero-order valence-corrected chi connectivity index (χ0v) is 9.57. The van der Waals surface area contributed by atoms with Crippen LogP contribution in [0.25, 0.3) is 0 Å². The highest BCUT2D eigenvalue weighted by Gasteiger charge is 2.10. The van der Waals surface area contributed by atoms with Crippen molar-refractivity contribution >= 4 is 0 Å². The van der Waals surface area contributed by atoms with Crippen LogP contribution in [-0.4, -0.2) is 0 Å². The summed E-state index contributed by atoms with van der Waals surface area (Å²) in [6.45, 7) is 13.7. The highest BCUT2D eigenvalue weighted by atomic mass is 14.2. The van der Waals surface area contributed by atoms with Crippen molar-refractivity contribution in [2.45, 2.75) is 54.4 Å². The first-order chi connectivity index (χ1) is 5.35. The number of allylic oxidation sites excluding steroid dienone is 2. The Morgan fingerprint density at radius 3 is 2.17 bits per heavy atom. The SMILES string of the molecule is CCC(C)/C=C(\C)CC(C)(C)C. The summed E-state index contributed by atoms with van der Waals surface area (Å²) in [6, 6.07) is 0. The van der Waals surface area contributed by atoms with Crippen molar-refractivity contribution in [3.05, 3.63) is 11.6 Å². The summed E-state index contributed by atoms with van der Waals surface area (Å²) in [6.07, 6.45) is 4.88. The molecule has 0 heteroatoms. The van der Waals surface area contributed by atoms with E-state index in [1.165, 1.54) is 18.4 Å². The molecule has 0 N–H and O–H groups in total. The minimum absolute atomic E-state index is 0.439. The van der Waals surface area contributed by atoms with E-state index in [2.05, 4.69) is 47.6 Å². The summed E-state index contributed by atoms with van der Waals surface area (Å²) in [7, 11) is 0. The van der Waals surface area contributed by atoms with Gasteiger partial charge >= 0.3 is 0 Å². The van der Waals surface area contributed by atoms with Gasteiger partial charge in [0, 0.05) is 0 Å². The van der Waals surface area contributed by atoms with Crippen molar-refractivity contribution in [1.29, 1.82) is 0 Å². The van der Waals surface area contributed by atoms with Crippen molar-refractivity contribution in [2.24, 2.45) is 11.3 Å². The average molecular weight is 168 g/mol. The average Bonchev–Trinajstić information content (AvgIpc) is 1.82. The summed E-state index contributed by atoms with van der Waals surface area (Å²) in [5.41, 5.74) is 1.98. The maximum atomic E-state index is 2.41. The van der Waals surface area contributed by atoms with Crippen molar-refractivity contribution in [3.8, 4) is 0 Å². The highest BCUT2D eigenvalue weighted by molar-refractivity contribution is 5.02. The zero-order chi connectivity index (χ0) is 9.78. The van der Waals surface area contributed by atoms with E-state index < -0.39 is 0 Å². The second-order valence-corrected chi connectivity index (χ2v) is 5.14. The third-order valence-electron chi connectivity index (χ3n) is 2.02. The molecule has 72 valence electrons. The Morgan fingerprint density at radius 2 is 1.83 bits per heavy atom. The van der Waals surface area contributed by atoms with Gasteiger partial charge in [-0.05, 0) is 24.7 Å². The Balaban J connectivity index is 4.02. The first-order valence-corrected chi connectivity index (χ1v) is 5.02. The van der Waals surface area contributed by atoms with E-state index in [0.717, 1.165) is 5.92 Å². The minimum Gasteiger partial charge on any atom is -0.0828 e. The number of hydrogen-bond acceptors (Lipinski definition) is 0. The van der Waals surface area contributed by atoms with Gasteiger partial charge in [-0.25, -0.2) is 0 Å². The predicted octanol–water partition coefficient (Wildman–Crippen LogP) is 4.42. The third-order valence-corrected chi connectivity index (χ3v) is 2.02. The quantitative estimate of drug-likeness (QED) is 0.547. The maximum Gasteiger partial charge on any atom is -0.0262 e. The van der Waals surface area contributed by atoms with Crippen LogP contribution in [0.3, 0.4) is 0 Å². The molecule has 0 aliphatic carbocycles. The molecule has 0 nitrogen and oxygen atoms in total. The molecule has 0 radical (unpaired) electrons. The largest absolute Gasteiger partial charge is 0.0828 e. The van der Waals surface area contributed by atoms with Crippen LogP contribution in [0.4, 0.5) is 0 Å². The molecule has 1 atom stereocenters. The normalized spacial score (nSPS) is 16.3. The van der Waals surface area contributed by atoms with Gasteiger partial charge in [0.15, 0.2) is 0 Å². The van der Waals surface area contributed by atoms with Crippen molar-refractivity contribution in [2.75, 3.05) is 0 Å². The van der Waals surface area contributed by atoms with E-state index in [1.807, 2.05) is 0 Å². The van der Waals surface area contributed by atoms with E-state index in [-0.39, 0.29) is 0 Å². The second kappa shape index (κ2) is 4.69. The molecule has 0 aromatic rings. The van der Waals surface area contributed by atoms with Crippen molar-refractivity contribution in [1.82, 2.24) is 0 Å². The predicted molar refractivity (Wildman–Crippen MR) is 57.3 cm³/mol. The van der Waals surface area contributed by atoms with Crippen LogP contribution in [0, 0.1) is 11.3 Å². The van der Waals surface area contributed by atoms with Gasteiger partial charge in [-0.1, -0.05) is 52.7 Å². The molecule has 0 saturated carbocycles. The molecule has 0 fully saturated rings. The fourth-order valence-electron chi connectivity index (χ4n) is 1.50. The van der Waals surface area contributed by atoms with Gasteiger partial charge in [-0.3, -0.25) is 0 Å². The fraction of sp³-hybridized carbons (Fsp3) is 0.833. The van der Waals surface area contributed by atoms with E-state index >= 15 is 0 Å². The Labute approximate surface area is 78.1 Å². The van der Waals surface area contributed by atoms with Crippen LogP contribution in [0.15, 0.2) is 11.6 Å². The Hall–Kier alpha value is -0.260. The molecule has 0 aromatic carbocycles. The smallest absolute Gasteiger partial charge is 0.0262 e. The zero-order valence-electron chi connectivity index (χ0n) is 9.57. The molecule has 0 aliphatic heterocycles. The van der Waals surface area contributed by atoms with Crippen LogP contribution < -0.4 is 0 Å². The van der Waals surface area contributed by atoms with Crippen LogP contribution in [0.5, 0.6) is 0 Å². The summed E-state index contributed by atoms with van der Waals surface area (Å²) < 4.78 is 0. The Bertz CT molecular complexity index is 146. The van der Waals surface area contributed by atoms with Crippen LogP contribution in [0.2, 0.25) is 0 Å². The van der Waals surface area contributed by atoms with Gasteiger partial charge in [0.2, 0.25) is 0 Å². The first kappa shape index (κ1) is 11.7. The lowest BCUT2D eigenvalue weighted by Gasteiger charge is -2.19. The highest BCUT2D eigenvalue weighted by Crippen LogP contribution is 2.24. The second-order valence-electron chi connectivity index (χ2n) is 5.14. The lowest BCUT2D eigenvalue weighted by Crippen LogP contribution is -2.05. The fourth-order valence-corrected chi connectivity index (χ4v) is 1.50. The third kappa shape index (κ3) is 6.45. The van der Waals surface area contributed by atoms with Gasteiger partial charge < -0.3 is 0 Å². The first-order valence-electron chi connectivity index (χ1n) is 5.02. The molecule has 0 bridgehead atoms. The van der Waals surface area contributed by atoms with E-state index in [0.29, 0.717) is 5.41 Å². The molecule has 0 heterocycles. The van der Waals surface area contributed by atoms with Gasteiger partial charge in [0.05, 0.1) is 0 Å². The van der Waals surface area contributed by atoms with Crippen LogP contribution >= 0.6 is 0 Å². The number of hydrogen-bond donors (Lipinski definition) is 0. The van der Waals surface area contributed by atoms with E-state index in [4.69, 9.17) is 0 Å². The van der Waals surface area contributed by atoms with Gasteiger partial charge in [-0.15, -0.1) is 0 Å². The molecular weight excluding hydrogens is 144 g/mol. The van der Waals surface area contributed by atoms with Crippen molar-refractivity contribution in [3.63, 3.8) is 0 Å². The number of rotatable bonds is 3. The van der Waals surface area contributed by atoms with E-state index in [9.17, 15) is 0 Å². The van der Waals surface area contributed by atoms with E-state index in [1.54, 1.807) is 0 Å². The molecule has 12 heavy (non-hydrogen) atoms. The summed E-state index contributed by atoms with van der Waals surface area (Å²) in [5, 5.41) is 0. The topological polar surface area (TPSA) is 0 Å². The summed E-state index contributed by atoms with van der Waals surface area (Å²) >= 11 is 0. The van der Waals surface area contributed by atoms with Gasteiger partial charge in [-0.2, -0.15) is 0 Å². The molecule has 0 aromatic heterocycles. The molecular formula is C12H24. The van der Waals surface area contributed by atoms with Crippen molar-refractivity contribution < 1.29 is 0 Å². The Morgan fingerprint density at radius 1 is 1.33 bits per heavy atom. The van der Waals surface area contributed by atoms with Gasteiger partial charge in [0.25, 0.3) is 0 Å². The molecule has 0 aliphatic rings. The Kier molecular flexibility index (Phi) is 4.59. The molecule has 0 amide bonds. The molecule has 0 rings (SSSR count). The maximum absolute atomic E-state index is 2.41.